The molecule has 1 aromatic rings. The number of amides is 3. The topological polar surface area (TPSA) is 79.7 Å². The Kier molecular flexibility index (Phi) is 6.36. The molecule has 0 radical (unpaired) electrons. The molecule has 3 rings (SSSR count). The summed E-state index contributed by atoms with van der Waals surface area (Å²) in [6.45, 7) is 9.96. The second-order valence-electron chi connectivity index (χ2n) is 7.68. The lowest BCUT2D eigenvalue weighted by Gasteiger charge is -2.37. The summed E-state index contributed by atoms with van der Waals surface area (Å²) in [5.74, 6) is 1.20. The Morgan fingerprint density at radius 3 is 2.37 bits per heavy atom. The lowest BCUT2D eigenvalue weighted by molar-refractivity contribution is -0.124. The first-order chi connectivity index (χ1) is 13.0. The Bertz CT molecular complexity index is 646. The van der Waals surface area contributed by atoms with Crippen LogP contribution in [-0.2, 0) is 9.53 Å². The predicted molar refractivity (Wildman–Crippen MR) is 102 cm³/mol. The summed E-state index contributed by atoms with van der Waals surface area (Å²) in [6, 6.07) is -0.0888. The molecule has 0 bridgehead atoms. The molecule has 2 fully saturated rings. The van der Waals surface area contributed by atoms with E-state index in [0.29, 0.717) is 39.4 Å². The number of aromatic nitrogens is 2. The molecule has 3 heterocycles. The number of urea groups is 1. The Morgan fingerprint density at radius 2 is 1.74 bits per heavy atom. The van der Waals surface area contributed by atoms with Gasteiger partial charge in [0.15, 0.2) is 0 Å². The average molecular weight is 377 g/mol. The number of piperidine rings is 1. The molecular formula is C19H31N5O3. The van der Waals surface area contributed by atoms with Crippen molar-refractivity contribution in [2.45, 2.75) is 51.6 Å². The maximum Gasteiger partial charge on any atom is 0.320 e. The highest BCUT2D eigenvalue weighted by Gasteiger charge is 2.29. The molecule has 1 aromatic heterocycles. The molecule has 1 atom stereocenters. The maximum atomic E-state index is 12.7. The van der Waals surface area contributed by atoms with Crippen molar-refractivity contribution in [3.05, 3.63) is 18.2 Å². The minimum Gasteiger partial charge on any atom is -0.378 e. The molecule has 3 amide bonds. The van der Waals surface area contributed by atoms with Gasteiger partial charge in [-0.1, -0.05) is 13.8 Å². The highest BCUT2D eigenvalue weighted by molar-refractivity contribution is 5.80. The molecule has 0 aliphatic carbocycles. The highest BCUT2D eigenvalue weighted by Crippen LogP contribution is 2.19. The van der Waals surface area contributed by atoms with Crippen LogP contribution in [0.3, 0.4) is 0 Å². The van der Waals surface area contributed by atoms with Crippen LogP contribution in [0.1, 0.15) is 51.4 Å². The van der Waals surface area contributed by atoms with Gasteiger partial charge in [0.05, 0.1) is 13.2 Å². The van der Waals surface area contributed by atoms with E-state index >= 15 is 0 Å². The van der Waals surface area contributed by atoms with E-state index in [-0.39, 0.29) is 29.9 Å². The van der Waals surface area contributed by atoms with E-state index in [1.807, 2.05) is 27.5 Å². The van der Waals surface area contributed by atoms with E-state index in [9.17, 15) is 9.59 Å². The minimum atomic E-state index is -0.294. The van der Waals surface area contributed by atoms with Crippen LogP contribution in [0.2, 0.25) is 0 Å². The Hall–Kier alpha value is -2.09. The maximum absolute atomic E-state index is 12.7. The summed E-state index contributed by atoms with van der Waals surface area (Å²) in [5.41, 5.74) is 0. The Morgan fingerprint density at radius 1 is 1.11 bits per heavy atom. The van der Waals surface area contributed by atoms with Gasteiger partial charge in [0.25, 0.3) is 0 Å². The summed E-state index contributed by atoms with van der Waals surface area (Å²) < 4.78 is 7.25. The third kappa shape index (κ3) is 4.61. The molecule has 0 unspecified atom stereocenters. The minimum absolute atomic E-state index is 0.00727. The zero-order valence-corrected chi connectivity index (χ0v) is 16.6. The van der Waals surface area contributed by atoms with E-state index in [0.717, 1.165) is 18.7 Å². The molecular weight excluding hydrogens is 346 g/mol. The molecule has 2 saturated heterocycles. The summed E-state index contributed by atoms with van der Waals surface area (Å²) in [5, 5.41) is 3.15. The number of nitrogens with zero attached hydrogens (tertiary/aromatic N) is 4. The van der Waals surface area contributed by atoms with Crippen LogP contribution in [-0.4, -0.2) is 76.7 Å². The van der Waals surface area contributed by atoms with E-state index in [1.165, 1.54) is 0 Å². The summed E-state index contributed by atoms with van der Waals surface area (Å²) in [6.07, 6.45) is 5.18. The number of hydrogen-bond donors (Lipinski definition) is 1. The van der Waals surface area contributed by atoms with Gasteiger partial charge in [-0.2, -0.15) is 0 Å². The molecule has 2 aliphatic rings. The van der Waals surface area contributed by atoms with Crippen LogP contribution in [0.4, 0.5) is 4.79 Å². The third-order valence-electron chi connectivity index (χ3n) is 5.41. The van der Waals surface area contributed by atoms with Crippen molar-refractivity contribution < 1.29 is 14.3 Å². The van der Waals surface area contributed by atoms with Crippen molar-refractivity contribution in [2.75, 3.05) is 39.4 Å². The molecule has 2 aliphatic heterocycles. The van der Waals surface area contributed by atoms with Crippen LogP contribution in [0.5, 0.6) is 0 Å². The molecule has 8 nitrogen and oxygen atoms in total. The van der Waals surface area contributed by atoms with E-state index < -0.39 is 0 Å². The number of likely N-dealkylation sites (tertiary alicyclic amines) is 1. The van der Waals surface area contributed by atoms with Crippen LogP contribution < -0.4 is 5.32 Å². The van der Waals surface area contributed by atoms with Gasteiger partial charge < -0.3 is 24.4 Å². The third-order valence-corrected chi connectivity index (χ3v) is 5.41. The number of hydrogen-bond acceptors (Lipinski definition) is 4. The first-order valence-corrected chi connectivity index (χ1v) is 9.92. The lowest BCUT2D eigenvalue weighted by atomic mass is 10.0. The summed E-state index contributed by atoms with van der Waals surface area (Å²) in [4.78, 5) is 33.3. The zero-order chi connectivity index (χ0) is 19.4. The first kappa shape index (κ1) is 19.7. The number of carbonyl (C=O) groups excluding carboxylic acids is 2. The molecule has 8 heteroatoms. The Labute approximate surface area is 160 Å². The predicted octanol–water partition coefficient (Wildman–Crippen LogP) is 1.60. The number of carbonyl (C=O) groups is 2. The highest BCUT2D eigenvalue weighted by atomic mass is 16.5. The van der Waals surface area contributed by atoms with Gasteiger partial charge in [-0.15, -0.1) is 0 Å². The van der Waals surface area contributed by atoms with Crippen molar-refractivity contribution in [1.82, 2.24) is 24.7 Å². The fourth-order valence-electron chi connectivity index (χ4n) is 3.72. The number of morpholine rings is 1. The molecule has 1 N–H and O–H groups in total. The fraction of sp³-hybridized carbons (Fsp3) is 0.737. The summed E-state index contributed by atoms with van der Waals surface area (Å²) >= 11 is 0. The number of imidazole rings is 1. The average Bonchev–Trinajstić information content (AvgIpc) is 3.18. The van der Waals surface area contributed by atoms with E-state index in [2.05, 4.69) is 24.1 Å². The van der Waals surface area contributed by atoms with Crippen LogP contribution in [0.25, 0.3) is 0 Å². The van der Waals surface area contributed by atoms with Gasteiger partial charge in [-0.05, 0) is 19.8 Å². The quantitative estimate of drug-likeness (QED) is 0.864. The normalized spacial score (nSPS) is 20.0. The van der Waals surface area contributed by atoms with Crippen LogP contribution in [0, 0.1) is 0 Å². The van der Waals surface area contributed by atoms with Gasteiger partial charge in [0.1, 0.15) is 11.9 Å². The van der Waals surface area contributed by atoms with Crippen molar-refractivity contribution in [3.63, 3.8) is 0 Å². The molecule has 0 spiro atoms. The zero-order valence-electron chi connectivity index (χ0n) is 16.6. The molecule has 27 heavy (non-hydrogen) atoms. The number of ether oxygens (including phenoxy) is 1. The molecule has 0 saturated carbocycles. The molecule has 150 valence electrons. The summed E-state index contributed by atoms with van der Waals surface area (Å²) in [7, 11) is 0. The van der Waals surface area contributed by atoms with Gasteiger partial charge >= 0.3 is 6.03 Å². The van der Waals surface area contributed by atoms with E-state index in [1.54, 1.807) is 6.20 Å². The van der Waals surface area contributed by atoms with Gasteiger partial charge in [0.2, 0.25) is 5.91 Å². The molecule has 0 aromatic carbocycles. The Balaban J connectivity index is 1.49. The van der Waals surface area contributed by atoms with Crippen LogP contribution in [0.15, 0.2) is 12.4 Å². The van der Waals surface area contributed by atoms with Gasteiger partial charge in [0, 0.05) is 50.5 Å². The lowest BCUT2D eigenvalue weighted by Crippen LogP contribution is -2.53. The standard InChI is InChI=1S/C19H31N5O3/c1-14(2)17-20-6-9-24(17)15(3)18(25)21-16-4-7-22(8-5-16)19(26)23-10-12-27-13-11-23/h6,9,14-16H,4-5,7-8,10-13H2,1-3H3,(H,21,25)/t15-/m1/s1. The first-order valence-electron chi connectivity index (χ1n) is 9.92. The van der Waals surface area contributed by atoms with Crippen molar-refractivity contribution in [3.8, 4) is 0 Å². The smallest absolute Gasteiger partial charge is 0.320 e. The SMILES string of the molecule is CC(C)c1nccn1[C@H](C)C(=O)NC1CCN(C(=O)N2CCOCC2)CC1. The monoisotopic (exact) mass is 377 g/mol. The van der Waals surface area contributed by atoms with Gasteiger partial charge in [-0.3, -0.25) is 4.79 Å². The van der Waals surface area contributed by atoms with Crippen molar-refractivity contribution in [1.29, 1.82) is 0 Å². The fourth-order valence-corrected chi connectivity index (χ4v) is 3.72. The largest absolute Gasteiger partial charge is 0.378 e. The second-order valence-corrected chi connectivity index (χ2v) is 7.68. The van der Waals surface area contributed by atoms with Crippen LogP contribution >= 0.6 is 0 Å². The van der Waals surface area contributed by atoms with E-state index in [4.69, 9.17) is 4.74 Å². The van der Waals surface area contributed by atoms with Crippen molar-refractivity contribution >= 4 is 11.9 Å². The second kappa shape index (κ2) is 8.73. The van der Waals surface area contributed by atoms with Gasteiger partial charge in [-0.25, -0.2) is 9.78 Å². The number of nitrogens with one attached hydrogen (secondary N) is 1. The van der Waals surface area contributed by atoms with Crippen molar-refractivity contribution in [2.24, 2.45) is 0 Å². The number of rotatable bonds is 4.